The molecule has 6 nitrogen and oxygen atoms in total. The van der Waals surface area contributed by atoms with E-state index in [4.69, 9.17) is 4.74 Å². The minimum Gasteiger partial charge on any atom is -0.414 e. The number of anilines is 1. The van der Waals surface area contributed by atoms with E-state index in [1.54, 1.807) is 0 Å². The molecule has 26 heavy (non-hydrogen) atoms. The number of sulfonamides is 1. The van der Waals surface area contributed by atoms with Gasteiger partial charge in [0.25, 0.3) is 0 Å². The van der Waals surface area contributed by atoms with Crippen LogP contribution in [0.4, 0.5) is 13.9 Å². The number of nitrogens with one attached hydrogen (secondary N) is 1. The number of thiazole rings is 1. The molecule has 0 fully saturated rings. The van der Waals surface area contributed by atoms with Crippen molar-refractivity contribution in [1.82, 2.24) is 4.98 Å². The molecule has 0 bridgehead atoms. The van der Waals surface area contributed by atoms with Crippen molar-refractivity contribution in [2.75, 3.05) is 4.72 Å². The number of hydrogen-bond donors (Lipinski definition) is 1. The summed E-state index contributed by atoms with van der Waals surface area (Å²) in [6.07, 6.45) is 3.06. The maximum atomic E-state index is 13.9. The van der Waals surface area contributed by atoms with Gasteiger partial charge >= 0.3 is 5.97 Å². The fraction of sp³-hybridized carbons (Fsp3) is 0.250. The normalized spacial score (nSPS) is 12.4. The van der Waals surface area contributed by atoms with Gasteiger partial charge in [0.15, 0.2) is 5.13 Å². The second-order valence-corrected chi connectivity index (χ2v) is 7.97. The summed E-state index contributed by atoms with van der Waals surface area (Å²) in [6, 6.07) is 2.59. The molecule has 140 valence electrons. The van der Waals surface area contributed by atoms with Crippen molar-refractivity contribution in [1.29, 1.82) is 0 Å². The van der Waals surface area contributed by atoms with E-state index in [1.165, 1.54) is 6.20 Å². The van der Waals surface area contributed by atoms with Crippen LogP contribution >= 0.6 is 11.3 Å². The second kappa shape index (κ2) is 8.37. The Morgan fingerprint density at radius 3 is 2.81 bits per heavy atom. The van der Waals surface area contributed by atoms with Gasteiger partial charge in [-0.25, -0.2) is 22.2 Å². The molecule has 1 unspecified atom stereocenters. The molecule has 1 aromatic carbocycles. The average molecular weight is 402 g/mol. The van der Waals surface area contributed by atoms with Gasteiger partial charge in [0.2, 0.25) is 15.1 Å². The molecule has 0 aliphatic heterocycles. The molecular weight excluding hydrogens is 386 g/mol. The molecule has 0 spiro atoms. The first-order valence-corrected chi connectivity index (χ1v) is 9.88. The lowest BCUT2D eigenvalue weighted by molar-refractivity contribution is -0.134. The van der Waals surface area contributed by atoms with Crippen LogP contribution in [0.15, 0.2) is 37.1 Å². The van der Waals surface area contributed by atoms with Crippen molar-refractivity contribution in [3.63, 3.8) is 0 Å². The van der Waals surface area contributed by atoms with Gasteiger partial charge in [0, 0.05) is 18.1 Å². The SMILES string of the molecule is C=CC(c1ccc(F)cc1F)S(=O)(=O)Nc1ncc(OC(=O)CCC)s1. The summed E-state index contributed by atoms with van der Waals surface area (Å²) in [6.45, 7) is 5.22. The van der Waals surface area contributed by atoms with E-state index in [1.807, 2.05) is 6.92 Å². The average Bonchev–Trinajstić information content (AvgIpc) is 2.96. The molecule has 1 atom stereocenters. The Bertz CT molecular complexity index is 913. The summed E-state index contributed by atoms with van der Waals surface area (Å²) in [4.78, 5) is 15.3. The van der Waals surface area contributed by atoms with Gasteiger partial charge in [0.1, 0.15) is 16.9 Å². The van der Waals surface area contributed by atoms with E-state index in [2.05, 4.69) is 16.3 Å². The third kappa shape index (κ3) is 4.85. The van der Waals surface area contributed by atoms with Crippen molar-refractivity contribution in [3.8, 4) is 5.06 Å². The Kier molecular flexibility index (Phi) is 6.43. The highest BCUT2D eigenvalue weighted by Crippen LogP contribution is 2.31. The molecule has 10 heteroatoms. The van der Waals surface area contributed by atoms with E-state index in [0.717, 1.165) is 29.5 Å². The summed E-state index contributed by atoms with van der Waals surface area (Å²) < 4.78 is 59.2. The second-order valence-electron chi connectivity index (χ2n) is 5.18. The number of carbonyl (C=O) groups is 1. The maximum Gasteiger partial charge on any atom is 0.312 e. The highest BCUT2D eigenvalue weighted by molar-refractivity contribution is 7.93. The monoisotopic (exact) mass is 402 g/mol. The van der Waals surface area contributed by atoms with Crippen molar-refractivity contribution < 1.29 is 26.7 Å². The standard InChI is InChI=1S/C16H16F2N2O4S2/c1-3-5-14(21)24-15-9-19-16(25-15)20-26(22,23)13(4-2)11-7-6-10(17)8-12(11)18/h4,6-9,13H,2-3,5H2,1H3,(H,19,20). The van der Waals surface area contributed by atoms with E-state index in [0.29, 0.717) is 12.5 Å². The Hall–Kier alpha value is -2.33. The molecule has 1 aromatic heterocycles. The van der Waals surface area contributed by atoms with Crippen molar-refractivity contribution >= 4 is 32.5 Å². The summed E-state index contributed by atoms with van der Waals surface area (Å²) >= 11 is 0.811. The van der Waals surface area contributed by atoms with Gasteiger partial charge < -0.3 is 4.74 Å². The number of aromatic nitrogens is 1. The first-order chi connectivity index (χ1) is 12.3. The Labute approximate surface area is 153 Å². The summed E-state index contributed by atoms with van der Waals surface area (Å²) in [5.74, 6) is -2.28. The van der Waals surface area contributed by atoms with Crippen LogP contribution in [0.5, 0.6) is 5.06 Å². The van der Waals surface area contributed by atoms with Crippen LogP contribution in [-0.4, -0.2) is 19.4 Å². The number of hydrogen-bond acceptors (Lipinski definition) is 6. The van der Waals surface area contributed by atoms with Gasteiger partial charge in [-0.15, -0.1) is 6.58 Å². The molecule has 2 rings (SSSR count). The van der Waals surface area contributed by atoms with E-state index in [-0.39, 0.29) is 22.2 Å². The molecule has 1 N–H and O–H groups in total. The topological polar surface area (TPSA) is 85.4 Å². The largest absolute Gasteiger partial charge is 0.414 e. The molecule has 0 radical (unpaired) electrons. The first-order valence-electron chi connectivity index (χ1n) is 7.52. The van der Waals surface area contributed by atoms with Crippen LogP contribution in [-0.2, 0) is 14.8 Å². The van der Waals surface area contributed by atoms with Crippen LogP contribution < -0.4 is 9.46 Å². The van der Waals surface area contributed by atoms with Crippen LogP contribution in [0.2, 0.25) is 0 Å². The zero-order valence-electron chi connectivity index (χ0n) is 13.7. The van der Waals surface area contributed by atoms with Crippen molar-refractivity contribution in [2.45, 2.75) is 25.0 Å². The molecule has 2 aromatic rings. The number of esters is 1. The summed E-state index contributed by atoms with van der Waals surface area (Å²) in [7, 11) is -4.16. The summed E-state index contributed by atoms with van der Waals surface area (Å²) in [5.41, 5.74) is -0.250. The third-order valence-electron chi connectivity index (χ3n) is 3.20. The predicted octanol–water partition coefficient (Wildman–Crippen LogP) is 3.80. The number of rotatable bonds is 8. The zero-order valence-corrected chi connectivity index (χ0v) is 15.4. The van der Waals surface area contributed by atoms with Crippen molar-refractivity contribution in [2.24, 2.45) is 0 Å². The highest BCUT2D eigenvalue weighted by Gasteiger charge is 2.28. The summed E-state index contributed by atoms with van der Waals surface area (Å²) in [5, 5.41) is -1.39. The minimum atomic E-state index is -4.16. The Morgan fingerprint density at radius 2 is 2.19 bits per heavy atom. The molecular formula is C16H16F2N2O4S2. The fourth-order valence-electron chi connectivity index (χ4n) is 2.06. The Morgan fingerprint density at radius 1 is 1.46 bits per heavy atom. The van der Waals surface area contributed by atoms with Crippen LogP contribution in [0, 0.1) is 11.6 Å². The van der Waals surface area contributed by atoms with Crippen LogP contribution in [0.1, 0.15) is 30.6 Å². The van der Waals surface area contributed by atoms with Crippen LogP contribution in [0.3, 0.4) is 0 Å². The van der Waals surface area contributed by atoms with Gasteiger partial charge in [-0.2, -0.15) is 0 Å². The quantitative estimate of drug-likeness (QED) is 0.536. The van der Waals surface area contributed by atoms with Crippen LogP contribution in [0.25, 0.3) is 0 Å². The lowest BCUT2D eigenvalue weighted by Crippen LogP contribution is -2.20. The zero-order chi connectivity index (χ0) is 19.3. The molecule has 0 aliphatic carbocycles. The smallest absolute Gasteiger partial charge is 0.312 e. The molecule has 1 heterocycles. The van der Waals surface area contributed by atoms with Gasteiger partial charge in [0.05, 0.1) is 6.20 Å². The number of carbonyl (C=O) groups excluding carboxylic acids is 1. The van der Waals surface area contributed by atoms with Gasteiger partial charge in [-0.3, -0.25) is 9.52 Å². The molecule has 0 saturated heterocycles. The molecule has 0 amide bonds. The van der Waals surface area contributed by atoms with E-state index >= 15 is 0 Å². The number of nitrogens with zero attached hydrogens (tertiary/aromatic N) is 1. The lowest BCUT2D eigenvalue weighted by atomic mass is 10.1. The molecule has 0 aliphatic rings. The van der Waals surface area contributed by atoms with Gasteiger partial charge in [-0.05, 0) is 12.5 Å². The third-order valence-corrected chi connectivity index (χ3v) is 5.71. The lowest BCUT2D eigenvalue weighted by Gasteiger charge is -2.15. The Balaban J connectivity index is 2.20. The minimum absolute atomic E-state index is 0.0568. The maximum absolute atomic E-state index is 13.9. The number of halogens is 2. The van der Waals surface area contributed by atoms with E-state index in [9.17, 15) is 22.0 Å². The fourth-order valence-corrected chi connectivity index (χ4v) is 4.31. The van der Waals surface area contributed by atoms with E-state index < -0.39 is 32.9 Å². The number of benzene rings is 1. The van der Waals surface area contributed by atoms with Crippen molar-refractivity contribution in [3.05, 3.63) is 54.2 Å². The first kappa shape index (κ1) is 20.0. The number of ether oxygens (including phenoxy) is 1. The van der Waals surface area contributed by atoms with Gasteiger partial charge in [-0.1, -0.05) is 30.4 Å². The highest BCUT2D eigenvalue weighted by atomic mass is 32.2. The molecule has 0 saturated carbocycles. The predicted molar refractivity (Wildman–Crippen MR) is 94.5 cm³/mol.